The summed E-state index contributed by atoms with van der Waals surface area (Å²) in [4.78, 5) is 33.7. The standard InChI is InChI=1S/C14H21NO14S.2Na/c1-5(18)15-6(3-16)11(12(8(20)4-17)29-30(24,25)26)28-14-10(21)7(19)2-9(27-14)13(22)23;;/h2-3,6-8,10-12,14,17,19-21H,4H2,1H3,(H,15,18)(H,22,23)(H,24,25,26);;/q;2*+1/p-2. The van der Waals surface area contributed by atoms with Crippen molar-refractivity contribution in [2.75, 3.05) is 6.61 Å². The van der Waals surface area contributed by atoms with Crippen LogP contribution in [0.4, 0.5) is 0 Å². The normalized spacial score (nSPS) is 24.2. The molecule has 0 saturated carbocycles. The Morgan fingerprint density at radius 2 is 1.88 bits per heavy atom. The quantitative estimate of drug-likeness (QED) is 0.0760. The molecule has 0 aromatic carbocycles. The Kier molecular flexibility index (Phi) is 15.9. The molecule has 0 aromatic heterocycles. The van der Waals surface area contributed by atoms with E-state index in [0.29, 0.717) is 6.08 Å². The van der Waals surface area contributed by atoms with Gasteiger partial charge in [0.25, 0.3) is 0 Å². The van der Waals surface area contributed by atoms with E-state index in [4.69, 9.17) is 14.6 Å². The Morgan fingerprint density at radius 3 is 2.28 bits per heavy atom. The number of rotatable bonds is 11. The van der Waals surface area contributed by atoms with Gasteiger partial charge in [0.2, 0.25) is 22.6 Å². The molecular weight excluding hydrogens is 484 g/mol. The molecule has 1 heterocycles. The average Bonchev–Trinajstić information content (AvgIpc) is 2.63. The molecule has 1 aliphatic heterocycles. The Bertz CT molecular complexity index is 777. The number of amides is 1. The smallest absolute Gasteiger partial charge is 0.726 e. The summed E-state index contributed by atoms with van der Waals surface area (Å²) in [7, 11) is -5.58. The van der Waals surface area contributed by atoms with Gasteiger partial charge in [-0.15, -0.1) is 0 Å². The van der Waals surface area contributed by atoms with Gasteiger partial charge in [-0.05, 0) is 6.08 Å². The van der Waals surface area contributed by atoms with Crippen molar-refractivity contribution < 1.29 is 126 Å². The summed E-state index contributed by atoms with van der Waals surface area (Å²) in [6.07, 6.45) is -12.2. The summed E-state index contributed by atoms with van der Waals surface area (Å²) in [5.41, 5.74) is 0. The van der Waals surface area contributed by atoms with Crippen LogP contribution in [0.15, 0.2) is 11.8 Å². The number of carboxylic acid groups (broad SMARTS) is 1. The molecule has 7 atom stereocenters. The number of aldehydes is 1. The fourth-order valence-corrected chi connectivity index (χ4v) is 2.91. The largest absolute Gasteiger partial charge is 1.00 e. The van der Waals surface area contributed by atoms with E-state index in [-0.39, 0.29) is 65.4 Å². The van der Waals surface area contributed by atoms with Crippen LogP contribution >= 0.6 is 0 Å². The van der Waals surface area contributed by atoms with Crippen molar-refractivity contribution in [2.45, 2.75) is 49.8 Å². The Labute approximate surface area is 226 Å². The molecule has 0 aromatic rings. The molecule has 5 N–H and O–H groups in total. The molecule has 0 bridgehead atoms. The van der Waals surface area contributed by atoms with Gasteiger partial charge in [0, 0.05) is 6.92 Å². The minimum atomic E-state index is -5.58. The molecule has 18 heteroatoms. The van der Waals surface area contributed by atoms with Crippen LogP contribution in [-0.4, -0.2) is 101 Å². The summed E-state index contributed by atoms with van der Waals surface area (Å²) in [6, 6.07) is -1.86. The predicted molar refractivity (Wildman–Crippen MR) is 86.2 cm³/mol. The number of hydrogen-bond acceptors (Lipinski definition) is 14. The van der Waals surface area contributed by atoms with Crippen molar-refractivity contribution in [2.24, 2.45) is 0 Å². The predicted octanol–water partition coefficient (Wildman–Crippen LogP) is -12.0. The number of aliphatic carboxylic acids is 1. The van der Waals surface area contributed by atoms with E-state index >= 15 is 0 Å². The van der Waals surface area contributed by atoms with Crippen LogP contribution < -0.4 is 69.5 Å². The average molecular weight is 503 g/mol. The van der Waals surface area contributed by atoms with Crippen LogP contribution in [0.25, 0.3) is 0 Å². The topological polar surface area (TPSA) is 252 Å². The Hall–Kier alpha value is -0.180. The van der Waals surface area contributed by atoms with Crippen molar-refractivity contribution in [3.63, 3.8) is 0 Å². The summed E-state index contributed by atoms with van der Waals surface area (Å²) < 4.78 is 47.1. The monoisotopic (exact) mass is 503 g/mol. The zero-order chi connectivity index (χ0) is 23.2. The molecule has 172 valence electrons. The second-order valence-electron chi connectivity index (χ2n) is 5.97. The zero-order valence-electron chi connectivity index (χ0n) is 17.2. The maximum atomic E-state index is 11.4. The van der Waals surface area contributed by atoms with Crippen molar-refractivity contribution in [1.29, 1.82) is 0 Å². The first kappa shape index (κ1) is 34.0. The van der Waals surface area contributed by atoms with Gasteiger partial charge >= 0.3 is 59.1 Å². The second kappa shape index (κ2) is 14.9. The summed E-state index contributed by atoms with van der Waals surface area (Å²) in [5.74, 6) is -3.82. The second-order valence-corrected chi connectivity index (χ2v) is 6.98. The maximum absolute atomic E-state index is 11.4. The fourth-order valence-electron chi connectivity index (χ4n) is 2.40. The van der Waals surface area contributed by atoms with Gasteiger partial charge in [0.15, 0.2) is 0 Å². The summed E-state index contributed by atoms with van der Waals surface area (Å²) in [6.45, 7) is -0.282. The molecule has 32 heavy (non-hydrogen) atoms. The Morgan fingerprint density at radius 1 is 1.31 bits per heavy atom. The van der Waals surface area contributed by atoms with E-state index in [0.717, 1.165) is 6.92 Å². The van der Waals surface area contributed by atoms with Gasteiger partial charge in [0.1, 0.15) is 54.6 Å². The maximum Gasteiger partial charge on any atom is 1.00 e. The van der Waals surface area contributed by atoms with Crippen LogP contribution in [0.2, 0.25) is 0 Å². The van der Waals surface area contributed by atoms with Crippen LogP contribution in [0.5, 0.6) is 0 Å². The van der Waals surface area contributed by atoms with Crippen molar-refractivity contribution in [3.8, 4) is 0 Å². The number of carboxylic acids is 1. The molecule has 0 spiro atoms. The number of aliphatic hydroxyl groups is 4. The van der Waals surface area contributed by atoms with Gasteiger partial charge in [-0.3, -0.25) is 8.98 Å². The van der Waals surface area contributed by atoms with Crippen molar-refractivity contribution in [3.05, 3.63) is 11.8 Å². The van der Waals surface area contributed by atoms with Crippen LogP contribution in [0, 0.1) is 0 Å². The molecule has 0 fully saturated rings. The molecule has 1 aliphatic rings. The van der Waals surface area contributed by atoms with Gasteiger partial charge < -0.3 is 54.5 Å². The number of nitrogens with one attached hydrogen (secondary N) is 1. The molecule has 0 saturated heterocycles. The van der Waals surface area contributed by atoms with Crippen molar-refractivity contribution >= 4 is 28.6 Å². The third-order valence-electron chi connectivity index (χ3n) is 3.68. The minimum absolute atomic E-state index is 0. The van der Waals surface area contributed by atoms with Gasteiger partial charge in [-0.25, -0.2) is 8.42 Å². The fraction of sp³-hybridized carbons (Fsp3) is 0.643. The number of hydrogen-bond donors (Lipinski definition) is 5. The van der Waals surface area contributed by atoms with E-state index in [1.165, 1.54) is 0 Å². The first-order valence-corrected chi connectivity index (χ1v) is 9.40. The van der Waals surface area contributed by atoms with E-state index < -0.39 is 77.5 Å². The number of carbonyl (C=O) groups is 3. The van der Waals surface area contributed by atoms with Gasteiger partial charge in [-0.2, -0.15) is 0 Å². The van der Waals surface area contributed by atoms with E-state index in [9.17, 15) is 47.8 Å². The van der Waals surface area contributed by atoms with Crippen LogP contribution in [-0.2, 0) is 38.4 Å². The number of ether oxygens (including phenoxy) is 2. The molecule has 0 radical (unpaired) electrons. The van der Waals surface area contributed by atoms with Gasteiger partial charge in [0.05, 0.1) is 6.61 Å². The SMILES string of the molecule is CC(=O)NC(C=O)C(OC1OC(C(=O)[O-])=CC(O)C1O)C(OS(=O)(=O)[O-])C(O)CO.[Na+].[Na+]. The third-order valence-corrected chi connectivity index (χ3v) is 4.13. The molecule has 7 unspecified atom stereocenters. The van der Waals surface area contributed by atoms with Gasteiger partial charge in [-0.1, -0.05) is 0 Å². The first-order chi connectivity index (χ1) is 13.8. The first-order valence-electron chi connectivity index (χ1n) is 8.07. The van der Waals surface area contributed by atoms with E-state index in [1.807, 2.05) is 5.32 Å². The molecule has 0 aliphatic carbocycles. The zero-order valence-corrected chi connectivity index (χ0v) is 22.0. The van der Waals surface area contributed by atoms with E-state index in [1.54, 1.807) is 0 Å². The number of aliphatic hydroxyl groups excluding tert-OH is 4. The third kappa shape index (κ3) is 10.4. The number of carbonyl (C=O) groups excluding carboxylic acids is 3. The van der Waals surface area contributed by atoms with Crippen LogP contribution in [0.3, 0.4) is 0 Å². The molecule has 1 amide bonds. The molecule has 1 rings (SSSR count). The van der Waals surface area contributed by atoms with Crippen LogP contribution in [0.1, 0.15) is 6.92 Å². The van der Waals surface area contributed by atoms with E-state index in [2.05, 4.69) is 4.18 Å². The summed E-state index contributed by atoms with van der Waals surface area (Å²) in [5, 5.41) is 51.6. The Balaban J connectivity index is 0. The molecular formula is C14H19NNa2O14S. The minimum Gasteiger partial charge on any atom is -0.726 e. The summed E-state index contributed by atoms with van der Waals surface area (Å²) >= 11 is 0. The van der Waals surface area contributed by atoms with Crippen molar-refractivity contribution in [1.82, 2.24) is 5.32 Å². The molecule has 15 nitrogen and oxygen atoms in total.